The molecule has 2 amide bonds. The van der Waals surface area contributed by atoms with E-state index in [9.17, 15) is 14.0 Å². The van der Waals surface area contributed by atoms with E-state index in [1.165, 1.54) is 17.0 Å². The molecule has 1 fully saturated rings. The fourth-order valence-corrected chi connectivity index (χ4v) is 5.76. The maximum absolute atomic E-state index is 13.5. The molecule has 1 saturated heterocycles. The van der Waals surface area contributed by atoms with Crippen molar-refractivity contribution >= 4 is 51.5 Å². The summed E-state index contributed by atoms with van der Waals surface area (Å²) in [6.07, 6.45) is 3.68. The second-order valence-corrected chi connectivity index (χ2v) is 11.2. The van der Waals surface area contributed by atoms with Crippen LogP contribution in [0.5, 0.6) is 5.75 Å². The Hall–Kier alpha value is -3.55. The zero-order chi connectivity index (χ0) is 27.7. The predicted molar refractivity (Wildman–Crippen MR) is 156 cm³/mol. The minimum atomic E-state index is -0.387. The molecule has 1 aromatic heterocycles. The first-order valence-corrected chi connectivity index (χ1v) is 13.9. The van der Waals surface area contributed by atoms with E-state index >= 15 is 0 Å². The number of hydrogen-bond donors (Lipinski definition) is 0. The van der Waals surface area contributed by atoms with Gasteiger partial charge in [0.2, 0.25) is 0 Å². The molecule has 200 valence electrons. The van der Waals surface area contributed by atoms with Crippen LogP contribution in [0.2, 0.25) is 5.02 Å². The van der Waals surface area contributed by atoms with Crippen molar-refractivity contribution in [1.82, 2.24) is 9.47 Å². The van der Waals surface area contributed by atoms with Crippen LogP contribution in [0, 0.1) is 12.7 Å². The third kappa shape index (κ3) is 5.75. The van der Waals surface area contributed by atoms with E-state index in [0.717, 1.165) is 50.7 Å². The molecule has 0 radical (unpaired) electrons. The smallest absolute Gasteiger partial charge is 0.293 e. The van der Waals surface area contributed by atoms with Gasteiger partial charge in [0.25, 0.3) is 11.1 Å². The van der Waals surface area contributed by atoms with E-state index in [1.807, 2.05) is 48.0 Å². The van der Waals surface area contributed by atoms with Crippen LogP contribution in [0.1, 0.15) is 42.0 Å². The van der Waals surface area contributed by atoms with Gasteiger partial charge in [-0.25, -0.2) is 4.39 Å². The van der Waals surface area contributed by atoms with E-state index in [-0.39, 0.29) is 30.1 Å². The summed E-state index contributed by atoms with van der Waals surface area (Å²) < 4.78 is 21.5. The molecule has 3 aromatic carbocycles. The minimum Gasteiger partial charge on any atom is -0.491 e. The van der Waals surface area contributed by atoms with Crippen LogP contribution in [0.3, 0.4) is 0 Å². The van der Waals surface area contributed by atoms with Crippen LogP contribution in [-0.4, -0.2) is 33.8 Å². The quantitative estimate of drug-likeness (QED) is 0.204. The van der Waals surface area contributed by atoms with Gasteiger partial charge in [0.05, 0.1) is 11.4 Å². The summed E-state index contributed by atoms with van der Waals surface area (Å²) in [7, 11) is 0. The Bertz CT molecular complexity index is 1610. The number of aryl methyl sites for hydroxylation is 1. The van der Waals surface area contributed by atoms with Gasteiger partial charge in [-0.3, -0.25) is 14.5 Å². The van der Waals surface area contributed by atoms with Gasteiger partial charge in [-0.1, -0.05) is 61.8 Å². The maximum Gasteiger partial charge on any atom is 0.293 e. The number of halogens is 2. The molecule has 2 heterocycles. The zero-order valence-corrected chi connectivity index (χ0v) is 23.5. The van der Waals surface area contributed by atoms with Gasteiger partial charge >= 0.3 is 0 Å². The van der Waals surface area contributed by atoms with Crippen LogP contribution in [0.25, 0.3) is 17.0 Å². The Morgan fingerprint density at radius 2 is 1.87 bits per heavy atom. The number of amides is 2. The minimum absolute atomic E-state index is 0.165. The summed E-state index contributed by atoms with van der Waals surface area (Å²) in [6.45, 7) is 7.02. The van der Waals surface area contributed by atoms with Crippen molar-refractivity contribution < 1.29 is 18.7 Å². The summed E-state index contributed by atoms with van der Waals surface area (Å²) in [4.78, 5) is 27.6. The van der Waals surface area contributed by atoms with Gasteiger partial charge in [0.1, 0.15) is 18.2 Å². The van der Waals surface area contributed by atoms with Crippen molar-refractivity contribution in [1.29, 1.82) is 0 Å². The van der Waals surface area contributed by atoms with Gasteiger partial charge in [-0.05, 0) is 71.6 Å². The highest BCUT2D eigenvalue weighted by Crippen LogP contribution is 2.35. The molecule has 4 aromatic rings. The lowest BCUT2D eigenvalue weighted by Crippen LogP contribution is -2.32. The first-order chi connectivity index (χ1) is 18.7. The average molecular weight is 563 g/mol. The Labute approximate surface area is 236 Å². The van der Waals surface area contributed by atoms with Crippen LogP contribution in [-0.2, 0) is 11.3 Å². The molecule has 0 bridgehead atoms. The van der Waals surface area contributed by atoms with E-state index in [1.54, 1.807) is 12.1 Å². The number of nitrogens with zero attached hydrogens (tertiary/aromatic N) is 2. The largest absolute Gasteiger partial charge is 0.491 e. The first kappa shape index (κ1) is 27.0. The number of thioether (sulfide) groups is 1. The summed E-state index contributed by atoms with van der Waals surface area (Å²) >= 11 is 7.20. The summed E-state index contributed by atoms with van der Waals surface area (Å²) in [6, 6.07) is 18.2. The molecule has 39 heavy (non-hydrogen) atoms. The van der Waals surface area contributed by atoms with Gasteiger partial charge in [-0.15, -0.1) is 0 Å². The molecule has 1 aliphatic heterocycles. The van der Waals surface area contributed by atoms with Crippen molar-refractivity contribution in [3.8, 4) is 5.75 Å². The van der Waals surface area contributed by atoms with Gasteiger partial charge in [0.15, 0.2) is 0 Å². The fraction of sp³-hybridized carbons (Fsp3) is 0.226. The zero-order valence-electron chi connectivity index (χ0n) is 21.9. The predicted octanol–water partition coefficient (Wildman–Crippen LogP) is 8.03. The van der Waals surface area contributed by atoms with Crippen molar-refractivity contribution in [3.63, 3.8) is 0 Å². The summed E-state index contributed by atoms with van der Waals surface area (Å²) in [5.41, 5.74) is 4.71. The molecular formula is C31H28ClFN2O3S. The standard InChI is InChI=1S/C31H28ClFN2O3S/c1-19(2)24-11-8-20(3)14-28(24)38-13-12-35-30(36)29(39-31(35)37)15-22-18-34(27-7-5-4-6-25(22)27)17-21-9-10-23(33)16-26(21)32/h4-11,14-16,18-19H,12-13,17H2,1-3H3/b29-15-. The number of aromatic nitrogens is 1. The number of fused-ring (bicyclic) bond motifs is 1. The molecular weight excluding hydrogens is 535 g/mol. The number of benzene rings is 3. The van der Waals surface area contributed by atoms with Gasteiger partial charge in [-0.2, -0.15) is 0 Å². The molecule has 0 saturated carbocycles. The topological polar surface area (TPSA) is 51.5 Å². The van der Waals surface area contributed by atoms with Crippen molar-refractivity contribution in [2.75, 3.05) is 13.2 Å². The highest BCUT2D eigenvalue weighted by atomic mass is 35.5. The van der Waals surface area contributed by atoms with Crippen LogP contribution < -0.4 is 4.74 Å². The highest BCUT2D eigenvalue weighted by molar-refractivity contribution is 8.18. The second kappa shape index (κ2) is 11.3. The summed E-state index contributed by atoms with van der Waals surface area (Å²) in [5, 5.41) is 0.973. The summed E-state index contributed by atoms with van der Waals surface area (Å²) in [5.74, 6) is 0.353. The van der Waals surface area contributed by atoms with Crippen LogP contribution in [0.15, 0.2) is 71.8 Å². The fourth-order valence-electron chi connectivity index (χ4n) is 4.68. The van der Waals surface area contributed by atoms with E-state index < -0.39 is 0 Å². The number of carbonyl (C=O) groups excluding carboxylic acids is 2. The number of rotatable bonds is 8. The Kier molecular flexibility index (Phi) is 7.82. The number of carbonyl (C=O) groups is 2. The van der Waals surface area contributed by atoms with E-state index in [4.69, 9.17) is 16.3 Å². The Morgan fingerprint density at radius 1 is 1.08 bits per heavy atom. The molecule has 0 N–H and O–H groups in total. The SMILES string of the molecule is Cc1ccc(C(C)C)c(OCCN2C(=O)S/C(=C\c3cn(Cc4ccc(F)cc4Cl)c4ccccc34)C2=O)c1. The number of imide groups is 1. The first-order valence-electron chi connectivity index (χ1n) is 12.7. The second-order valence-electron chi connectivity index (χ2n) is 9.84. The average Bonchev–Trinajstić information content (AvgIpc) is 3.37. The highest BCUT2D eigenvalue weighted by Gasteiger charge is 2.35. The van der Waals surface area contributed by atoms with Crippen molar-refractivity contribution in [2.45, 2.75) is 33.2 Å². The van der Waals surface area contributed by atoms with E-state index in [2.05, 4.69) is 26.0 Å². The lowest BCUT2D eigenvalue weighted by atomic mass is 10.0. The van der Waals surface area contributed by atoms with Crippen molar-refractivity contribution in [3.05, 3.63) is 105 Å². The Morgan fingerprint density at radius 3 is 2.64 bits per heavy atom. The van der Waals surface area contributed by atoms with E-state index in [0.29, 0.717) is 22.4 Å². The monoisotopic (exact) mass is 562 g/mol. The Balaban J connectivity index is 1.35. The molecule has 1 aliphatic rings. The van der Waals surface area contributed by atoms with Gasteiger partial charge in [0, 0.05) is 34.2 Å². The number of hydrogen-bond acceptors (Lipinski definition) is 4. The molecule has 5 rings (SSSR count). The third-order valence-corrected chi connectivity index (χ3v) is 7.96. The van der Waals surface area contributed by atoms with Crippen molar-refractivity contribution in [2.24, 2.45) is 0 Å². The maximum atomic E-state index is 13.5. The normalized spacial score (nSPS) is 14.8. The molecule has 0 aliphatic carbocycles. The van der Waals surface area contributed by atoms with Gasteiger partial charge < -0.3 is 9.30 Å². The lowest BCUT2D eigenvalue weighted by molar-refractivity contribution is -0.123. The molecule has 8 heteroatoms. The van der Waals surface area contributed by atoms with Crippen LogP contribution >= 0.6 is 23.4 Å². The third-order valence-electron chi connectivity index (χ3n) is 6.70. The lowest BCUT2D eigenvalue weighted by Gasteiger charge is -2.17. The molecule has 0 atom stereocenters. The molecule has 0 unspecified atom stereocenters. The number of para-hydroxylation sites is 1. The molecule has 0 spiro atoms. The molecule has 5 nitrogen and oxygen atoms in total. The van der Waals surface area contributed by atoms with Crippen LogP contribution in [0.4, 0.5) is 9.18 Å². The number of ether oxygens (including phenoxy) is 1.